The van der Waals surface area contributed by atoms with Crippen LogP contribution in [0.5, 0.6) is 5.75 Å². The van der Waals surface area contributed by atoms with Crippen LogP contribution < -0.4 is 4.74 Å². The second kappa shape index (κ2) is 6.97. The van der Waals surface area contributed by atoms with E-state index in [4.69, 9.17) is 20.8 Å². The molecule has 0 saturated carbocycles. The highest BCUT2D eigenvalue weighted by Crippen LogP contribution is 2.31. The van der Waals surface area contributed by atoms with E-state index in [9.17, 15) is 4.79 Å². The molecule has 5 heteroatoms. The maximum atomic E-state index is 12.6. The van der Waals surface area contributed by atoms with E-state index in [-0.39, 0.29) is 5.91 Å². The number of aryl methyl sites for hydroxylation is 1. The summed E-state index contributed by atoms with van der Waals surface area (Å²) in [4.78, 5) is 14.2. The lowest BCUT2D eigenvalue weighted by atomic mass is 10.1. The van der Waals surface area contributed by atoms with Crippen molar-refractivity contribution in [2.45, 2.75) is 6.92 Å². The molecule has 2 aromatic carbocycles. The number of rotatable bonds is 5. The Morgan fingerprint density at radius 1 is 1.17 bits per heavy atom. The van der Waals surface area contributed by atoms with Gasteiger partial charge in [-0.3, -0.25) is 4.79 Å². The fourth-order valence-corrected chi connectivity index (χ4v) is 2.72. The van der Waals surface area contributed by atoms with E-state index in [2.05, 4.69) is 0 Å². The average molecular weight is 344 g/mol. The van der Waals surface area contributed by atoms with Crippen LogP contribution in [0.2, 0.25) is 5.02 Å². The van der Waals surface area contributed by atoms with Crippen LogP contribution in [0, 0.1) is 6.92 Å². The number of carbonyl (C=O) groups excluding carboxylic acids is 1. The maximum absolute atomic E-state index is 12.6. The molecule has 1 heterocycles. The number of furan rings is 1. The number of hydrogen-bond acceptors (Lipinski definition) is 3. The zero-order chi connectivity index (χ0) is 17.1. The van der Waals surface area contributed by atoms with Gasteiger partial charge < -0.3 is 14.1 Å². The van der Waals surface area contributed by atoms with Gasteiger partial charge in [-0.1, -0.05) is 41.9 Å². The first kappa shape index (κ1) is 16.4. The Bertz CT molecular complexity index is 858. The van der Waals surface area contributed by atoms with Crippen molar-refractivity contribution in [3.05, 3.63) is 64.9 Å². The van der Waals surface area contributed by atoms with Gasteiger partial charge in [-0.2, -0.15) is 0 Å². The van der Waals surface area contributed by atoms with Gasteiger partial charge >= 0.3 is 0 Å². The number of carbonyl (C=O) groups is 1. The maximum Gasteiger partial charge on any atom is 0.289 e. The van der Waals surface area contributed by atoms with Gasteiger partial charge in [0.05, 0.1) is 11.6 Å². The monoisotopic (exact) mass is 343 g/mol. The normalized spacial score (nSPS) is 10.8. The molecule has 124 valence electrons. The summed E-state index contributed by atoms with van der Waals surface area (Å²) >= 11 is 6.14. The Balaban J connectivity index is 1.69. The zero-order valence-electron chi connectivity index (χ0n) is 13.6. The SMILES string of the molecule is Cc1c(C(=O)N(C)CCOc2ccccc2)oc2c(Cl)cccc12. The fourth-order valence-electron chi connectivity index (χ4n) is 2.50. The van der Waals surface area contributed by atoms with E-state index in [1.807, 2.05) is 49.4 Å². The second-order valence-electron chi connectivity index (χ2n) is 5.56. The quantitative estimate of drug-likeness (QED) is 0.682. The van der Waals surface area contributed by atoms with Crippen LogP contribution in [-0.2, 0) is 0 Å². The Morgan fingerprint density at radius 2 is 1.92 bits per heavy atom. The van der Waals surface area contributed by atoms with Crippen LogP contribution in [-0.4, -0.2) is 31.0 Å². The average Bonchev–Trinajstić information content (AvgIpc) is 2.93. The molecule has 0 aliphatic rings. The Morgan fingerprint density at radius 3 is 2.62 bits per heavy atom. The van der Waals surface area contributed by atoms with Crippen molar-refractivity contribution in [2.75, 3.05) is 20.2 Å². The summed E-state index contributed by atoms with van der Waals surface area (Å²) in [6.45, 7) is 2.73. The first-order chi connectivity index (χ1) is 11.6. The Hall–Kier alpha value is -2.46. The van der Waals surface area contributed by atoms with Crippen LogP contribution in [0.25, 0.3) is 11.0 Å². The van der Waals surface area contributed by atoms with E-state index in [0.717, 1.165) is 16.7 Å². The lowest BCUT2D eigenvalue weighted by Crippen LogP contribution is -2.31. The summed E-state index contributed by atoms with van der Waals surface area (Å²) < 4.78 is 11.3. The molecule has 3 aromatic rings. The third-order valence-corrected chi connectivity index (χ3v) is 4.19. The van der Waals surface area contributed by atoms with Crippen LogP contribution in [0.15, 0.2) is 52.9 Å². The molecular weight excluding hydrogens is 326 g/mol. The number of fused-ring (bicyclic) bond motifs is 1. The van der Waals surface area contributed by atoms with Crippen molar-refractivity contribution in [3.8, 4) is 5.75 Å². The molecule has 0 atom stereocenters. The molecule has 0 saturated heterocycles. The van der Waals surface area contributed by atoms with Crippen molar-refractivity contribution < 1.29 is 13.9 Å². The summed E-state index contributed by atoms with van der Waals surface area (Å²) in [5, 5.41) is 1.37. The van der Waals surface area contributed by atoms with E-state index >= 15 is 0 Å². The summed E-state index contributed by atoms with van der Waals surface area (Å²) in [6, 6.07) is 15.0. The van der Waals surface area contributed by atoms with Gasteiger partial charge in [-0.05, 0) is 25.1 Å². The first-order valence-electron chi connectivity index (χ1n) is 7.69. The lowest BCUT2D eigenvalue weighted by molar-refractivity contribution is 0.0744. The lowest BCUT2D eigenvalue weighted by Gasteiger charge is -2.16. The van der Waals surface area contributed by atoms with Crippen LogP contribution in [0.4, 0.5) is 0 Å². The molecule has 4 nitrogen and oxygen atoms in total. The van der Waals surface area contributed by atoms with Crippen molar-refractivity contribution in [1.29, 1.82) is 0 Å². The third kappa shape index (κ3) is 3.24. The Labute approximate surface area is 145 Å². The first-order valence-corrected chi connectivity index (χ1v) is 8.06. The highest BCUT2D eigenvalue weighted by atomic mass is 35.5. The smallest absolute Gasteiger partial charge is 0.289 e. The minimum Gasteiger partial charge on any atom is -0.492 e. The summed E-state index contributed by atoms with van der Waals surface area (Å²) in [5.74, 6) is 0.918. The molecule has 0 spiro atoms. The topological polar surface area (TPSA) is 42.7 Å². The number of amides is 1. The van der Waals surface area contributed by atoms with E-state index in [1.165, 1.54) is 0 Å². The number of para-hydroxylation sites is 2. The number of likely N-dealkylation sites (N-methyl/N-ethyl adjacent to an activating group) is 1. The molecule has 1 aromatic heterocycles. The molecule has 0 aliphatic heterocycles. The van der Waals surface area contributed by atoms with Crippen LogP contribution in [0.1, 0.15) is 16.1 Å². The molecule has 3 rings (SSSR count). The second-order valence-corrected chi connectivity index (χ2v) is 5.97. The molecule has 0 aliphatic carbocycles. The van der Waals surface area contributed by atoms with Gasteiger partial charge in [-0.15, -0.1) is 0 Å². The van der Waals surface area contributed by atoms with Crippen molar-refractivity contribution in [3.63, 3.8) is 0 Å². The van der Waals surface area contributed by atoms with E-state index < -0.39 is 0 Å². The fraction of sp³-hybridized carbons (Fsp3) is 0.211. The molecule has 0 N–H and O–H groups in total. The zero-order valence-corrected chi connectivity index (χ0v) is 14.3. The highest BCUT2D eigenvalue weighted by molar-refractivity contribution is 6.35. The molecular formula is C19H18ClNO3. The van der Waals surface area contributed by atoms with Gasteiger partial charge in [0.2, 0.25) is 0 Å². The minimum absolute atomic E-state index is 0.184. The standard InChI is InChI=1S/C19H18ClNO3/c1-13-15-9-6-10-16(20)18(15)24-17(13)19(22)21(2)11-12-23-14-7-4-3-5-8-14/h3-10H,11-12H2,1-2H3. The molecule has 0 bridgehead atoms. The number of nitrogens with zero attached hydrogens (tertiary/aromatic N) is 1. The number of hydrogen-bond donors (Lipinski definition) is 0. The van der Waals surface area contributed by atoms with Crippen LogP contribution >= 0.6 is 11.6 Å². The van der Waals surface area contributed by atoms with Crippen LogP contribution in [0.3, 0.4) is 0 Å². The van der Waals surface area contributed by atoms with Gasteiger partial charge in [0, 0.05) is 18.0 Å². The van der Waals surface area contributed by atoms with Gasteiger partial charge in [0.15, 0.2) is 11.3 Å². The predicted molar refractivity (Wildman–Crippen MR) is 94.9 cm³/mol. The summed E-state index contributed by atoms with van der Waals surface area (Å²) in [7, 11) is 1.73. The predicted octanol–water partition coefficient (Wildman–Crippen LogP) is 4.55. The van der Waals surface area contributed by atoms with Gasteiger partial charge in [0.25, 0.3) is 5.91 Å². The molecule has 1 amide bonds. The van der Waals surface area contributed by atoms with E-state index in [1.54, 1.807) is 18.0 Å². The molecule has 0 radical (unpaired) electrons. The van der Waals surface area contributed by atoms with Crippen molar-refractivity contribution in [1.82, 2.24) is 4.90 Å². The molecule has 0 fully saturated rings. The van der Waals surface area contributed by atoms with Crippen molar-refractivity contribution in [2.24, 2.45) is 0 Å². The summed E-state index contributed by atoms with van der Waals surface area (Å²) in [6.07, 6.45) is 0. The minimum atomic E-state index is -0.184. The van der Waals surface area contributed by atoms with Crippen molar-refractivity contribution >= 4 is 28.5 Å². The largest absolute Gasteiger partial charge is 0.492 e. The number of ether oxygens (including phenoxy) is 1. The number of halogens is 1. The third-order valence-electron chi connectivity index (χ3n) is 3.90. The molecule has 24 heavy (non-hydrogen) atoms. The van der Waals surface area contributed by atoms with E-state index in [0.29, 0.717) is 29.5 Å². The van der Waals surface area contributed by atoms with Gasteiger partial charge in [-0.25, -0.2) is 0 Å². The molecule has 0 unspecified atom stereocenters. The number of benzene rings is 2. The Kier molecular flexibility index (Phi) is 4.76. The summed E-state index contributed by atoms with van der Waals surface area (Å²) in [5.41, 5.74) is 1.35. The highest BCUT2D eigenvalue weighted by Gasteiger charge is 2.21. The van der Waals surface area contributed by atoms with Gasteiger partial charge in [0.1, 0.15) is 12.4 Å².